The molecule has 8 nitrogen and oxygen atoms in total. The average molecular weight is 454 g/mol. The van der Waals surface area contributed by atoms with E-state index < -0.39 is 17.7 Å². The number of phenols is 1. The lowest BCUT2D eigenvalue weighted by molar-refractivity contribution is -0.116. The summed E-state index contributed by atoms with van der Waals surface area (Å²) in [6.07, 6.45) is 1.46. The number of aryl methyl sites for hydroxylation is 1. The van der Waals surface area contributed by atoms with Crippen molar-refractivity contribution >= 4 is 22.7 Å². The smallest absolute Gasteiger partial charge is 0.419 e. The first-order chi connectivity index (χ1) is 16.4. The number of hydrogen-bond donors (Lipinski definition) is 3. The van der Waals surface area contributed by atoms with Gasteiger partial charge in [0, 0.05) is 30.8 Å². The molecule has 0 aliphatic rings. The van der Waals surface area contributed by atoms with Crippen LogP contribution in [-0.4, -0.2) is 21.6 Å². The van der Waals surface area contributed by atoms with Crippen LogP contribution in [0.15, 0.2) is 82.0 Å². The fourth-order valence-corrected chi connectivity index (χ4v) is 3.65. The van der Waals surface area contributed by atoms with Crippen molar-refractivity contribution in [2.45, 2.75) is 12.5 Å². The SMILES string of the molecule is Cn1c(=O)oc2ccc(-c3ccc(C[C@@H](C#N)NC(=O)C=C(N)c4ccccc4O)cc3)cc21. The third-order valence-electron chi connectivity index (χ3n) is 5.49. The van der Waals surface area contributed by atoms with E-state index in [1.165, 1.54) is 10.6 Å². The molecular formula is C26H22N4O4. The number of nitrogens with zero attached hydrogens (tertiary/aromatic N) is 2. The monoisotopic (exact) mass is 454 g/mol. The van der Waals surface area contributed by atoms with E-state index in [0.29, 0.717) is 23.1 Å². The van der Waals surface area contributed by atoms with Gasteiger partial charge in [-0.25, -0.2) is 4.79 Å². The Hall–Kier alpha value is -4.77. The maximum Gasteiger partial charge on any atom is 0.419 e. The van der Waals surface area contributed by atoms with Crippen molar-refractivity contribution in [1.82, 2.24) is 9.88 Å². The molecule has 1 amide bonds. The minimum atomic E-state index is -0.761. The largest absolute Gasteiger partial charge is 0.507 e. The van der Waals surface area contributed by atoms with Crippen LogP contribution < -0.4 is 16.8 Å². The summed E-state index contributed by atoms with van der Waals surface area (Å²) in [5, 5.41) is 22.0. The molecule has 0 aliphatic carbocycles. The van der Waals surface area contributed by atoms with Gasteiger partial charge in [0.1, 0.15) is 11.8 Å². The lowest BCUT2D eigenvalue weighted by Gasteiger charge is -2.12. The molecular weight excluding hydrogens is 432 g/mol. The summed E-state index contributed by atoms with van der Waals surface area (Å²) in [5.74, 6) is -0.970. The first kappa shape index (κ1) is 22.4. The minimum Gasteiger partial charge on any atom is -0.507 e. The Morgan fingerprint density at radius 3 is 2.59 bits per heavy atom. The number of phenolic OH excluding ortho intramolecular Hbond substituents is 1. The van der Waals surface area contributed by atoms with Crippen LogP contribution in [0.25, 0.3) is 27.9 Å². The fraction of sp³-hybridized carbons (Fsp3) is 0.115. The maximum atomic E-state index is 12.3. The molecule has 1 heterocycles. The summed E-state index contributed by atoms with van der Waals surface area (Å²) in [4.78, 5) is 24.0. The lowest BCUT2D eigenvalue weighted by Crippen LogP contribution is -2.34. The zero-order valence-electron chi connectivity index (χ0n) is 18.4. The first-order valence-corrected chi connectivity index (χ1v) is 10.5. The highest BCUT2D eigenvalue weighted by atomic mass is 16.4. The highest BCUT2D eigenvalue weighted by Gasteiger charge is 2.13. The quantitative estimate of drug-likeness (QED) is 0.383. The van der Waals surface area contributed by atoms with Gasteiger partial charge in [-0.05, 0) is 41.0 Å². The third-order valence-corrected chi connectivity index (χ3v) is 5.49. The van der Waals surface area contributed by atoms with Gasteiger partial charge in [0.15, 0.2) is 5.58 Å². The molecule has 0 unspecified atom stereocenters. The second kappa shape index (κ2) is 9.38. The normalized spacial score (nSPS) is 12.3. The molecule has 0 bridgehead atoms. The summed E-state index contributed by atoms with van der Waals surface area (Å²) in [6, 6.07) is 20.9. The van der Waals surface area contributed by atoms with Crippen molar-refractivity contribution in [1.29, 1.82) is 5.26 Å². The number of carbonyl (C=O) groups excluding carboxylic acids is 1. The molecule has 4 rings (SSSR count). The van der Waals surface area contributed by atoms with E-state index in [1.54, 1.807) is 31.3 Å². The van der Waals surface area contributed by atoms with Crippen LogP contribution in [0.3, 0.4) is 0 Å². The lowest BCUT2D eigenvalue weighted by atomic mass is 10.0. The van der Waals surface area contributed by atoms with Gasteiger partial charge in [-0.2, -0.15) is 5.26 Å². The zero-order chi connectivity index (χ0) is 24.2. The van der Waals surface area contributed by atoms with Gasteiger partial charge < -0.3 is 20.6 Å². The maximum absolute atomic E-state index is 12.3. The van der Waals surface area contributed by atoms with Crippen LogP contribution in [0.5, 0.6) is 5.75 Å². The number of rotatable bonds is 6. The van der Waals surface area contributed by atoms with Gasteiger partial charge in [-0.3, -0.25) is 9.36 Å². The molecule has 170 valence electrons. The average Bonchev–Trinajstić information content (AvgIpc) is 3.12. The number of nitrogens with one attached hydrogen (secondary N) is 1. The van der Waals surface area contributed by atoms with E-state index in [2.05, 4.69) is 11.4 Å². The van der Waals surface area contributed by atoms with E-state index in [-0.39, 0.29) is 11.4 Å². The van der Waals surface area contributed by atoms with Gasteiger partial charge in [0.25, 0.3) is 0 Å². The Labute approximate surface area is 195 Å². The molecule has 8 heteroatoms. The van der Waals surface area contributed by atoms with E-state index in [1.807, 2.05) is 36.4 Å². The predicted octanol–water partition coefficient (Wildman–Crippen LogP) is 3.05. The number of para-hydroxylation sites is 1. The molecule has 4 aromatic rings. The molecule has 0 aliphatic heterocycles. The molecule has 3 aromatic carbocycles. The Kier molecular flexibility index (Phi) is 6.19. The minimum absolute atomic E-state index is 0.0323. The van der Waals surface area contributed by atoms with Crippen molar-refractivity contribution in [2.75, 3.05) is 0 Å². The van der Waals surface area contributed by atoms with Gasteiger partial charge in [0.2, 0.25) is 5.91 Å². The topological polar surface area (TPSA) is 134 Å². The van der Waals surface area contributed by atoms with Crippen LogP contribution in [0.1, 0.15) is 11.1 Å². The van der Waals surface area contributed by atoms with Crippen molar-refractivity contribution in [3.8, 4) is 22.9 Å². The summed E-state index contributed by atoms with van der Waals surface area (Å²) >= 11 is 0. The first-order valence-electron chi connectivity index (χ1n) is 10.5. The highest BCUT2D eigenvalue weighted by Crippen LogP contribution is 2.25. The molecule has 0 radical (unpaired) electrons. The number of fused-ring (bicyclic) bond motifs is 1. The van der Waals surface area contributed by atoms with Crippen molar-refractivity contribution in [2.24, 2.45) is 12.8 Å². The van der Waals surface area contributed by atoms with Gasteiger partial charge in [-0.1, -0.05) is 42.5 Å². The van der Waals surface area contributed by atoms with Gasteiger partial charge in [0.05, 0.1) is 11.6 Å². The Morgan fingerprint density at radius 1 is 1.18 bits per heavy atom. The Bertz CT molecular complexity index is 1490. The summed E-state index contributed by atoms with van der Waals surface area (Å²) < 4.78 is 6.62. The molecule has 0 fully saturated rings. The van der Waals surface area contributed by atoms with E-state index >= 15 is 0 Å². The molecule has 1 atom stereocenters. The van der Waals surface area contributed by atoms with Crippen LogP contribution in [0, 0.1) is 11.3 Å². The molecule has 1 aromatic heterocycles. The number of nitrogens with two attached hydrogens (primary N) is 1. The summed E-state index contributed by atoms with van der Waals surface area (Å²) in [6.45, 7) is 0. The second-order valence-corrected chi connectivity index (χ2v) is 7.82. The number of aromatic nitrogens is 1. The fourth-order valence-electron chi connectivity index (χ4n) is 3.65. The molecule has 0 spiro atoms. The van der Waals surface area contributed by atoms with Crippen molar-refractivity contribution in [3.63, 3.8) is 0 Å². The van der Waals surface area contributed by atoms with Crippen LogP contribution in [0.4, 0.5) is 0 Å². The van der Waals surface area contributed by atoms with Crippen molar-refractivity contribution < 1.29 is 14.3 Å². The number of nitriles is 1. The number of oxazole rings is 1. The third kappa shape index (κ3) is 4.69. The molecule has 4 N–H and O–H groups in total. The van der Waals surface area contributed by atoms with Crippen LogP contribution >= 0.6 is 0 Å². The van der Waals surface area contributed by atoms with Gasteiger partial charge in [-0.15, -0.1) is 0 Å². The van der Waals surface area contributed by atoms with E-state index in [0.717, 1.165) is 22.8 Å². The number of amides is 1. The molecule has 0 saturated carbocycles. The summed E-state index contributed by atoms with van der Waals surface area (Å²) in [7, 11) is 1.66. The highest BCUT2D eigenvalue weighted by molar-refractivity contribution is 5.95. The number of aromatic hydroxyl groups is 1. The van der Waals surface area contributed by atoms with Crippen molar-refractivity contribution in [3.05, 3.63) is 94.5 Å². The number of hydrogen-bond acceptors (Lipinski definition) is 6. The Balaban J connectivity index is 1.45. The Morgan fingerprint density at radius 2 is 1.88 bits per heavy atom. The molecule has 34 heavy (non-hydrogen) atoms. The van der Waals surface area contributed by atoms with E-state index in [9.17, 15) is 20.0 Å². The zero-order valence-corrected chi connectivity index (χ0v) is 18.4. The summed E-state index contributed by atoms with van der Waals surface area (Å²) in [5.41, 5.74) is 10.3. The number of benzene rings is 3. The van der Waals surface area contributed by atoms with Crippen LogP contribution in [-0.2, 0) is 18.3 Å². The van der Waals surface area contributed by atoms with E-state index in [4.69, 9.17) is 10.2 Å². The molecule has 0 saturated heterocycles. The standard InChI is InChI=1S/C26H22N4O4/c1-30-22-13-18(10-11-24(22)34-26(30)33)17-8-6-16(7-9-17)12-19(15-27)29-25(32)14-21(28)20-4-2-3-5-23(20)31/h2-11,13-14,19,31H,12,28H2,1H3,(H,29,32)/t19-/m0/s1. The van der Waals surface area contributed by atoms with Gasteiger partial charge >= 0.3 is 5.76 Å². The van der Waals surface area contributed by atoms with Crippen LogP contribution in [0.2, 0.25) is 0 Å². The number of carbonyl (C=O) groups is 1. The second-order valence-electron chi connectivity index (χ2n) is 7.82. The predicted molar refractivity (Wildman–Crippen MR) is 128 cm³/mol.